The maximum Gasteiger partial charge on any atom is 0.0774 e. The third-order valence-corrected chi connectivity index (χ3v) is 3.48. The first kappa shape index (κ1) is 8.63. The average Bonchev–Trinajstić information content (AvgIpc) is 1.78. The summed E-state index contributed by atoms with van der Waals surface area (Å²) in [6.45, 7) is 1.92. The van der Waals surface area contributed by atoms with Crippen molar-refractivity contribution in [2.24, 2.45) is 0 Å². The van der Waals surface area contributed by atoms with Crippen molar-refractivity contribution in [3.63, 3.8) is 0 Å². The topological polar surface area (TPSA) is 0 Å². The summed E-state index contributed by atoms with van der Waals surface area (Å²) < 4.78 is 0. The van der Waals surface area contributed by atoms with Crippen LogP contribution in [0.25, 0.3) is 0 Å². The van der Waals surface area contributed by atoms with Gasteiger partial charge >= 0.3 is 0 Å². The predicted molar refractivity (Wildman–Crippen MR) is 50.0 cm³/mol. The van der Waals surface area contributed by atoms with Gasteiger partial charge in [0, 0.05) is 5.03 Å². The minimum atomic E-state index is -0.383. The molecule has 3 heteroatoms. The lowest BCUT2D eigenvalue weighted by Gasteiger charge is -2.24. The van der Waals surface area contributed by atoms with Gasteiger partial charge in [-0.15, -0.1) is 11.6 Å². The molecule has 1 aliphatic carbocycles. The van der Waals surface area contributed by atoms with Gasteiger partial charge in [-0.2, -0.15) is 0 Å². The average molecular weight is 242 g/mol. The molecular weight excluding hydrogens is 235 g/mol. The maximum absolute atomic E-state index is 6.06. The molecule has 0 aromatic carbocycles. The van der Waals surface area contributed by atoms with E-state index in [1.807, 2.05) is 25.2 Å². The van der Waals surface area contributed by atoms with Crippen molar-refractivity contribution in [3.05, 3.63) is 23.3 Å². The summed E-state index contributed by atoms with van der Waals surface area (Å²) in [6.07, 6.45) is 5.61. The smallest absolute Gasteiger partial charge is 0.0774 e. The highest BCUT2D eigenvalue weighted by Crippen LogP contribution is 2.33. The molecule has 56 valence electrons. The van der Waals surface area contributed by atoms with E-state index in [1.54, 1.807) is 0 Å². The highest BCUT2D eigenvalue weighted by atomic mass is 79.9. The van der Waals surface area contributed by atoms with Gasteiger partial charge in [-0.3, -0.25) is 0 Å². The highest BCUT2D eigenvalue weighted by molar-refractivity contribution is 9.09. The Balaban J connectivity index is 2.88. The van der Waals surface area contributed by atoms with E-state index in [-0.39, 0.29) is 9.70 Å². The molecular formula is C7H7BrCl2. The summed E-state index contributed by atoms with van der Waals surface area (Å²) in [5.41, 5.74) is 0. The molecule has 1 aliphatic rings. The SMILES string of the molecule is CC1(Cl)C=C(Cl)C=CC1Br. The molecule has 2 unspecified atom stereocenters. The van der Waals surface area contributed by atoms with Crippen molar-refractivity contribution in [3.8, 4) is 0 Å². The third-order valence-electron chi connectivity index (χ3n) is 1.38. The molecule has 0 nitrogen and oxygen atoms in total. The number of alkyl halides is 2. The predicted octanol–water partition coefficient (Wildman–Crippen LogP) is 3.44. The summed E-state index contributed by atoms with van der Waals surface area (Å²) in [5.74, 6) is 0. The molecule has 10 heavy (non-hydrogen) atoms. The highest BCUT2D eigenvalue weighted by Gasteiger charge is 2.28. The first-order valence-electron chi connectivity index (χ1n) is 2.92. The first-order valence-corrected chi connectivity index (χ1v) is 4.59. The molecule has 0 heterocycles. The number of allylic oxidation sites excluding steroid dienone is 4. The molecule has 1 rings (SSSR count). The lowest BCUT2D eigenvalue weighted by molar-refractivity contribution is 0.806. The minimum absolute atomic E-state index is 0.171. The van der Waals surface area contributed by atoms with Gasteiger partial charge in [-0.1, -0.05) is 33.6 Å². The number of halogens is 3. The molecule has 0 radical (unpaired) electrons. The Hall–Kier alpha value is 0.540. The second-order valence-electron chi connectivity index (χ2n) is 2.44. The molecule has 0 aromatic heterocycles. The second-order valence-corrected chi connectivity index (χ2v) is 4.68. The number of rotatable bonds is 0. The Morgan fingerprint density at radius 1 is 1.70 bits per heavy atom. The van der Waals surface area contributed by atoms with Crippen LogP contribution in [0.2, 0.25) is 0 Å². The Kier molecular flexibility index (Phi) is 2.49. The number of hydrogen-bond acceptors (Lipinski definition) is 0. The molecule has 0 aliphatic heterocycles. The molecule has 0 fully saturated rings. The van der Waals surface area contributed by atoms with E-state index in [4.69, 9.17) is 23.2 Å². The summed E-state index contributed by atoms with van der Waals surface area (Å²) in [6, 6.07) is 0. The Bertz CT molecular complexity index is 194. The molecule has 0 N–H and O–H groups in total. The van der Waals surface area contributed by atoms with Crippen LogP contribution in [0.3, 0.4) is 0 Å². The van der Waals surface area contributed by atoms with Gasteiger partial charge in [-0.25, -0.2) is 0 Å². The standard InChI is InChI=1S/C7H7BrCl2/c1-7(10)4-5(9)2-3-6(7)8/h2-4,6H,1H3. The summed E-state index contributed by atoms with van der Waals surface area (Å²) in [4.78, 5) is -0.213. The normalized spacial score (nSPS) is 39.6. The summed E-state index contributed by atoms with van der Waals surface area (Å²) in [5, 5.41) is 0.702. The van der Waals surface area contributed by atoms with E-state index in [2.05, 4.69) is 15.9 Å². The van der Waals surface area contributed by atoms with Crippen LogP contribution in [-0.2, 0) is 0 Å². The first-order chi connectivity index (χ1) is 4.52. The Morgan fingerprint density at radius 3 is 2.70 bits per heavy atom. The zero-order valence-corrected chi connectivity index (χ0v) is 8.54. The minimum Gasteiger partial charge on any atom is -0.113 e. The van der Waals surface area contributed by atoms with E-state index < -0.39 is 0 Å². The molecule has 0 saturated carbocycles. The van der Waals surface area contributed by atoms with Gasteiger partial charge in [0.1, 0.15) is 0 Å². The fraction of sp³-hybridized carbons (Fsp3) is 0.429. The Morgan fingerprint density at radius 2 is 2.30 bits per heavy atom. The van der Waals surface area contributed by atoms with Crippen molar-refractivity contribution in [1.82, 2.24) is 0 Å². The van der Waals surface area contributed by atoms with Crippen molar-refractivity contribution < 1.29 is 0 Å². The molecule has 0 amide bonds. The Labute approximate surface area is 79.0 Å². The number of hydrogen-bond donors (Lipinski definition) is 0. The molecule has 0 saturated heterocycles. The van der Waals surface area contributed by atoms with Crippen molar-refractivity contribution >= 4 is 39.1 Å². The van der Waals surface area contributed by atoms with Crippen molar-refractivity contribution in [2.75, 3.05) is 0 Å². The van der Waals surface area contributed by atoms with E-state index in [0.717, 1.165) is 0 Å². The van der Waals surface area contributed by atoms with Gasteiger partial charge in [0.05, 0.1) is 9.70 Å². The fourth-order valence-corrected chi connectivity index (χ4v) is 1.59. The largest absolute Gasteiger partial charge is 0.113 e. The molecule has 0 spiro atoms. The molecule has 0 aromatic rings. The van der Waals surface area contributed by atoms with Crippen LogP contribution in [0.5, 0.6) is 0 Å². The van der Waals surface area contributed by atoms with Gasteiger partial charge in [-0.05, 0) is 19.1 Å². The van der Waals surface area contributed by atoms with Crippen LogP contribution in [0.4, 0.5) is 0 Å². The molecule has 2 atom stereocenters. The zero-order chi connectivity index (χ0) is 7.78. The van der Waals surface area contributed by atoms with E-state index in [0.29, 0.717) is 5.03 Å². The third kappa shape index (κ3) is 1.77. The van der Waals surface area contributed by atoms with Gasteiger partial charge in [0.15, 0.2) is 0 Å². The summed E-state index contributed by atoms with van der Waals surface area (Å²) in [7, 11) is 0. The van der Waals surface area contributed by atoms with E-state index >= 15 is 0 Å². The van der Waals surface area contributed by atoms with Crippen LogP contribution >= 0.6 is 39.1 Å². The zero-order valence-electron chi connectivity index (χ0n) is 5.44. The van der Waals surface area contributed by atoms with Crippen LogP contribution in [0.1, 0.15) is 6.92 Å². The lowest BCUT2D eigenvalue weighted by atomic mass is 10.0. The van der Waals surface area contributed by atoms with Crippen LogP contribution in [0.15, 0.2) is 23.3 Å². The second kappa shape index (κ2) is 2.88. The quantitative estimate of drug-likeness (QED) is 0.570. The van der Waals surface area contributed by atoms with Gasteiger partial charge < -0.3 is 0 Å². The van der Waals surface area contributed by atoms with Crippen LogP contribution in [0, 0.1) is 0 Å². The molecule has 0 bridgehead atoms. The van der Waals surface area contributed by atoms with Crippen molar-refractivity contribution in [2.45, 2.75) is 16.6 Å². The van der Waals surface area contributed by atoms with E-state index in [9.17, 15) is 0 Å². The monoisotopic (exact) mass is 240 g/mol. The van der Waals surface area contributed by atoms with Crippen LogP contribution in [-0.4, -0.2) is 9.70 Å². The maximum atomic E-state index is 6.06. The van der Waals surface area contributed by atoms with E-state index in [1.165, 1.54) is 0 Å². The van der Waals surface area contributed by atoms with Crippen molar-refractivity contribution in [1.29, 1.82) is 0 Å². The van der Waals surface area contributed by atoms with Crippen LogP contribution < -0.4 is 0 Å². The lowest BCUT2D eigenvalue weighted by Crippen LogP contribution is -2.26. The fourth-order valence-electron chi connectivity index (χ4n) is 0.762. The van der Waals surface area contributed by atoms with Gasteiger partial charge in [0.25, 0.3) is 0 Å². The summed E-state index contributed by atoms with van der Waals surface area (Å²) >= 11 is 15.2. The van der Waals surface area contributed by atoms with Gasteiger partial charge in [0.2, 0.25) is 0 Å².